The summed E-state index contributed by atoms with van der Waals surface area (Å²) in [5, 5.41) is 31.7. The Kier molecular flexibility index (Phi) is 28.9. The van der Waals surface area contributed by atoms with Gasteiger partial charge in [-0.1, -0.05) is 23.7 Å². The van der Waals surface area contributed by atoms with E-state index in [4.69, 9.17) is 27.2 Å². The molecule has 0 unspecified atom stereocenters. The highest BCUT2D eigenvalue weighted by atomic mass is 35.5. The van der Waals surface area contributed by atoms with E-state index >= 15 is 0 Å². The molecule has 4 aliphatic rings. The van der Waals surface area contributed by atoms with E-state index in [0.717, 1.165) is 21.4 Å². The third-order valence-electron chi connectivity index (χ3n) is 12.7. The number of nitrogens with zero attached hydrogens (tertiary/aromatic N) is 15. The number of alkyl halides is 8. The zero-order valence-corrected chi connectivity index (χ0v) is 53.6. The molecule has 4 aliphatic heterocycles. The number of aromatic amines is 2. The van der Waals surface area contributed by atoms with Crippen LogP contribution in [0, 0.1) is 0 Å². The molecule has 1 amide bonds. The molecule has 0 bridgehead atoms. The zero-order valence-electron chi connectivity index (χ0n) is 49.6. The van der Waals surface area contributed by atoms with Gasteiger partial charge in [0.1, 0.15) is 11.6 Å². The molecule has 8 aromatic heterocycles. The predicted molar refractivity (Wildman–Crippen MR) is 333 cm³/mol. The number of H-pyrrole nitrogens is 2. The highest BCUT2D eigenvalue weighted by Crippen LogP contribution is 2.34. The van der Waals surface area contributed by atoms with Gasteiger partial charge in [0.15, 0.2) is 57.0 Å². The van der Waals surface area contributed by atoms with Crippen molar-refractivity contribution >= 4 is 100 Å². The lowest BCUT2D eigenvalue weighted by atomic mass is 10.3. The van der Waals surface area contributed by atoms with Crippen LogP contribution in [0.1, 0.15) is 93.1 Å². The minimum Gasteiger partial charge on any atom is -0.476 e. The van der Waals surface area contributed by atoms with Crippen LogP contribution in [-0.4, -0.2) is 188 Å². The standard InChI is InChI=1S/C16H15F2N7OS.C11H13F2N3O2.C9H9F2N3O2.C7H7ClN2O2.C7H8N4S.C4H7F2N.2ClH/c17-16(18)3-6-25(9-16)14-12(19-4-5-20-14)15(26)21-8-11-22-13(24-23-11)10-2-1-7-27-10;1-2-18-10(17)8-9(15-5-4-14-8)16-6-3-11(12,13)7-16;10-9(11)1-4-14(5-9)7-6(8(15)16)12-2-3-13-7;1-2-12-7(11)5-6(8)10-4-3-9-5;8-4-6-9-7(11-10-6)5-2-1-3-12-5;5-4(6)1-2-7-3-4;;/h1-2,4-5,7H,3,6,8-9H2,(H,21,26)(H,22,23,24);4-5H,2-3,6-7H2,1H3;2-3H,1,4-5H2,(H,15,16);3-4H,2H2,1H3;1-3H,4,8H2,(H,9,10,11);7H,1-3H2;2*1H. The van der Waals surface area contributed by atoms with Crippen LogP contribution < -0.4 is 31.1 Å². The molecule has 508 valence electrons. The van der Waals surface area contributed by atoms with E-state index in [0.29, 0.717) is 31.3 Å². The normalized spacial score (nSPS) is 15.8. The number of ether oxygens (including phenoxy) is 2. The Labute approximate surface area is 555 Å². The molecule has 12 rings (SSSR count). The lowest BCUT2D eigenvalue weighted by molar-refractivity contribution is 0.0234. The number of hydrogen-bond acceptors (Lipinski definition) is 25. The van der Waals surface area contributed by atoms with E-state index in [-0.39, 0.29) is 135 Å². The summed E-state index contributed by atoms with van der Waals surface area (Å²) in [6.07, 6.45) is 9.96. The van der Waals surface area contributed by atoms with Crippen molar-refractivity contribution in [1.82, 2.24) is 80.9 Å². The van der Waals surface area contributed by atoms with Gasteiger partial charge in [-0.3, -0.25) is 15.0 Å². The number of carbonyl (C=O) groups is 4. The summed E-state index contributed by atoms with van der Waals surface area (Å²) in [6.45, 7) is 3.64. The third kappa shape index (κ3) is 22.6. The van der Waals surface area contributed by atoms with Crippen molar-refractivity contribution in [3.8, 4) is 21.4 Å². The number of hydrogen-bond donors (Lipinski definition) is 6. The molecule has 8 aromatic rings. The first-order valence-electron chi connectivity index (χ1n) is 27.7. The number of aromatic carboxylic acids is 1. The number of halogens is 11. The van der Waals surface area contributed by atoms with E-state index in [1.165, 1.54) is 75.6 Å². The van der Waals surface area contributed by atoms with Crippen LogP contribution in [0.15, 0.2) is 84.6 Å². The number of rotatable bonds is 14. The van der Waals surface area contributed by atoms with Crippen LogP contribution in [0.25, 0.3) is 21.4 Å². The summed E-state index contributed by atoms with van der Waals surface area (Å²) in [7, 11) is 0. The van der Waals surface area contributed by atoms with Crippen LogP contribution in [0.2, 0.25) is 5.15 Å². The second kappa shape index (κ2) is 35.7. The Morgan fingerprint density at radius 1 is 0.596 bits per heavy atom. The molecule has 7 N–H and O–H groups in total. The minimum absolute atomic E-state index is 0. The van der Waals surface area contributed by atoms with E-state index in [1.807, 2.05) is 35.0 Å². The molecule has 27 nitrogen and oxygen atoms in total. The molecule has 0 aliphatic carbocycles. The Morgan fingerprint density at radius 3 is 1.39 bits per heavy atom. The van der Waals surface area contributed by atoms with Gasteiger partial charge in [-0.25, -0.2) is 99.3 Å². The summed E-state index contributed by atoms with van der Waals surface area (Å²) < 4.78 is 113. The smallest absolute Gasteiger partial charge is 0.360 e. The number of amides is 1. The number of thiophene rings is 2. The number of esters is 2. The third-order valence-corrected chi connectivity index (χ3v) is 14.7. The van der Waals surface area contributed by atoms with Crippen molar-refractivity contribution in [2.24, 2.45) is 5.73 Å². The van der Waals surface area contributed by atoms with E-state index in [1.54, 1.807) is 25.2 Å². The number of nitrogens with two attached hydrogens (primary N) is 1. The fourth-order valence-corrected chi connectivity index (χ4v) is 9.92. The molecule has 40 heteroatoms. The predicted octanol–water partition coefficient (Wildman–Crippen LogP) is 8.37. The highest BCUT2D eigenvalue weighted by Gasteiger charge is 2.42. The van der Waals surface area contributed by atoms with Gasteiger partial charge in [-0.05, 0) is 36.7 Å². The van der Waals surface area contributed by atoms with Gasteiger partial charge in [0.05, 0.1) is 62.2 Å². The van der Waals surface area contributed by atoms with Gasteiger partial charge in [-0.15, -0.1) is 47.5 Å². The topological polar surface area (TPSA) is 353 Å². The minimum atomic E-state index is -2.79. The number of nitrogens with one attached hydrogen (secondary N) is 4. The first-order valence-corrected chi connectivity index (χ1v) is 29.9. The molecular formula is C54H61Cl3F8N20O7S2. The summed E-state index contributed by atoms with van der Waals surface area (Å²) in [4.78, 5) is 91.3. The molecule has 0 saturated carbocycles. The molecule has 0 aromatic carbocycles. The Balaban J connectivity index is 0.000000213. The maximum absolute atomic E-state index is 13.5. The number of carboxylic acids is 1. The summed E-state index contributed by atoms with van der Waals surface area (Å²) >= 11 is 8.70. The fraction of sp³-hybridized carbons (Fsp3) is 0.407. The molecular weight excluding hydrogens is 1360 g/mol. The molecule has 4 saturated heterocycles. The zero-order chi connectivity index (χ0) is 66.5. The summed E-state index contributed by atoms with van der Waals surface area (Å²) in [5.41, 5.74) is 5.14. The first-order chi connectivity index (χ1) is 43.9. The van der Waals surface area contributed by atoms with Crippen molar-refractivity contribution in [2.75, 3.05) is 80.3 Å². The van der Waals surface area contributed by atoms with E-state index in [2.05, 4.69) is 85.6 Å². The number of carbonyl (C=O) groups excluding carboxylic acids is 3. The second-order valence-corrected chi connectivity index (χ2v) is 21.8. The van der Waals surface area contributed by atoms with Gasteiger partial charge in [-0.2, -0.15) is 10.2 Å². The maximum atomic E-state index is 13.5. The average Bonchev–Trinajstić information content (AvgIpc) is 1.65. The average molecular weight is 1420 g/mol. The SMILES string of the molecule is CCOC(=O)c1nccnc1Cl.CCOC(=O)c1nccnc1N1CCC(F)(F)C1.Cl.Cl.FC1(F)CCNC1.NCc1nc(-c2cccs2)n[nH]1.O=C(NCc1nc(-c2cccs2)n[nH]1)c1nccnc1N1CCC(F)(F)C1.O=C(O)c1nccnc1N1CCC(F)(F)C1. The summed E-state index contributed by atoms with van der Waals surface area (Å²) in [6, 6.07) is 7.75. The van der Waals surface area contributed by atoms with Crippen LogP contribution in [0.4, 0.5) is 52.6 Å². The number of carboxylic acid groups (broad SMARTS) is 1. The van der Waals surface area contributed by atoms with E-state index < -0.39 is 67.1 Å². The monoisotopic (exact) mass is 1420 g/mol. The van der Waals surface area contributed by atoms with Gasteiger partial charge < -0.3 is 45.6 Å². The Bertz CT molecular complexity index is 3680. The van der Waals surface area contributed by atoms with Crippen LogP contribution in [-0.2, 0) is 22.6 Å². The van der Waals surface area contributed by atoms with Crippen molar-refractivity contribution in [3.63, 3.8) is 0 Å². The van der Waals surface area contributed by atoms with Gasteiger partial charge in [0, 0.05) is 101 Å². The lowest BCUT2D eigenvalue weighted by Gasteiger charge is -2.18. The number of anilines is 3. The second-order valence-electron chi connectivity index (χ2n) is 19.5. The number of aromatic nitrogens is 14. The Hall–Kier alpha value is -8.49. The van der Waals surface area contributed by atoms with Crippen LogP contribution >= 0.6 is 59.1 Å². The molecule has 94 heavy (non-hydrogen) atoms. The molecule has 0 atom stereocenters. The molecule has 0 spiro atoms. The molecule has 4 fully saturated rings. The van der Waals surface area contributed by atoms with Gasteiger partial charge in [0.25, 0.3) is 29.6 Å². The lowest BCUT2D eigenvalue weighted by Crippen LogP contribution is -2.31. The van der Waals surface area contributed by atoms with Crippen molar-refractivity contribution in [2.45, 2.75) is 76.3 Å². The largest absolute Gasteiger partial charge is 0.476 e. The molecule has 0 radical (unpaired) electrons. The fourth-order valence-electron chi connectivity index (χ4n) is 8.42. The first kappa shape index (κ1) is 76.2. The van der Waals surface area contributed by atoms with Crippen molar-refractivity contribution in [1.29, 1.82) is 0 Å². The van der Waals surface area contributed by atoms with Crippen LogP contribution in [0.3, 0.4) is 0 Å². The van der Waals surface area contributed by atoms with Crippen molar-refractivity contribution < 1.29 is 68.9 Å². The quantitative estimate of drug-likeness (QED) is 0.0439. The van der Waals surface area contributed by atoms with Crippen molar-refractivity contribution in [3.05, 3.63) is 124 Å². The van der Waals surface area contributed by atoms with Crippen LogP contribution in [0.5, 0.6) is 0 Å². The Morgan fingerprint density at radius 2 is 1.01 bits per heavy atom. The highest BCUT2D eigenvalue weighted by molar-refractivity contribution is 7.13. The summed E-state index contributed by atoms with van der Waals surface area (Å²) in [5.74, 6) is -10.9. The maximum Gasteiger partial charge on any atom is 0.360 e. The van der Waals surface area contributed by atoms with E-state index in [9.17, 15) is 54.3 Å². The molecule has 12 heterocycles. The van der Waals surface area contributed by atoms with Gasteiger partial charge >= 0.3 is 17.9 Å². The van der Waals surface area contributed by atoms with Gasteiger partial charge in [0.2, 0.25) is 0 Å².